The number of nitrogens with zero attached hydrogens (tertiary/aromatic N) is 2. The molecule has 2 aromatic carbocycles. The Bertz CT molecular complexity index is 1190. The van der Waals surface area contributed by atoms with Crippen molar-refractivity contribution >= 4 is 23.2 Å². The maximum absolute atomic E-state index is 14.6. The predicted octanol–water partition coefficient (Wildman–Crippen LogP) is 5.10. The van der Waals surface area contributed by atoms with Crippen molar-refractivity contribution in [2.75, 3.05) is 0 Å². The van der Waals surface area contributed by atoms with Gasteiger partial charge in [-0.15, -0.1) is 0 Å². The Labute approximate surface area is 177 Å². The summed E-state index contributed by atoms with van der Waals surface area (Å²) in [6, 6.07) is 15.8. The summed E-state index contributed by atoms with van der Waals surface area (Å²) in [5, 5.41) is 3.33. The van der Waals surface area contributed by atoms with E-state index in [1.807, 2.05) is 0 Å². The Morgan fingerprint density at radius 1 is 1.07 bits per heavy atom. The van der Waals surface area contributed by atoms with E-state index in [0.717, 1.165) is 5.56 Å². The first-order chi connectivity index (χ1) is 14.5. The number of carbonyl (C=O) groups excluding carboxylic acids is 1. The minimum absolute atomic E-state index is 0.0163. The van der Waals surface area contributed by atoms with Gasteiger partial charge in [0.1, 0.15) is 17.3 Å². The topological polar surface area (TPSA) is 46.4 Å². The van der Waals surface area contributed by atoms with Crippen molar-refractivity contribution in [2.24, 2.45) is 0 Å². The average Bonchev–Trinajstić information content (AvgIpc) is 3.15. The van der Waals surface area contributed by atoms with Gasteiger partial charge in [-0.2, -0.15) is 0 Å². The molecule has 0 aliphatic rings. The maximum Gasteiger partial charge on any atom is 0.221 e. The minimum Gasteiger partial charge on any atom is -0.352 e. The van der Waals surface area contributed by atoms with Crippen molar-refractivity contribution < 1.29 is 13.6 Å². The minimum atomic E-state index is -0.562. The average molecular weight is 426 g/mol. The van der Waals surface area contributed by atoms with Gasteiger partial charge in [-0.1, -0.05) is 41.9 Å². The summed E-state index contributed by atoms with van der Waals surface area (Å²) >= 11 is 6.14. The molecule has 0 saturated heterocycles. The number of aromatic nitrogens is 2. The van der Waals surface area contributed by atoms with Gasteiger partial charge in [0, 0.05) is 31.3 Å². The fraction of sp³-hybridized carbons (Fsp3) is 0.130. The van der Waals surface area contributed by atoms with E-state index in [1.165, 1.54) is 18.2 Å². The molecule has 4 aromatic rings. The van der Waals surface area contributed by atoms with Gasteiger partial charge in [-0.05, 0) is 41.5 Å². The summed E-state index contributed by atoms with van der Waals surface area (Å²) in [7, 11) is 0. The van der Waals surface area contributed by atoms with Gasteiger partial charge in [-0.25, -0.2) is 13.8 Å². The van der Waals surface area contributed by atoms with Gasteiger partial charge in [0.2, 0.25) is 5.91 Å². The van der Waals surface area contributed by atoms with Crippen LogP contribution in [0.1, 0.15) is 29.2 Å². The van der Waals surface area contributed by atoms with Crippen molar-refractivity contribution in [1.29, 1.82) is 0 Å². The third-order valence-electron chi connectivity index (χ3n) is 4.93. The van der Waals surface area contributed by atoms with Gasteiger partial charge in [-0.3, -0.25) is 4.79 Å². The lowest BCUT2D eigenvalue weighted by molar-refractivity contribution is -0.121. The molecule has 2 heterocycles. The number of hydrogen-bond acceptors (Lipinski definition) is 2. The molecule has 0 radical (unpaired) electrons. The van der Waals surface area contributed by atoms with Crippen LogP contribution in [0.25, 0.3) is 5.65 Å². The Morgan fingerprint density at radius 2 is 1.83 bits per heavy atom. The van der Waals surface area contributed by atoms with Crippen molar-refractivity contribution in [3.63, 3.8) is 0 Å². The van der Waals surface area contributed by atoms with E-state index < -0.39 is 11.7 Å². The number of fused-ring (bicyclic) bond motifs is 1. The normalized spacial score (nSPS) is 12.1. The largest absolute Gasteiger partial charge is 0.352 e. The molecule has 1 atom stereocenters. The van der Waals surface area contributed by atoms with Gasteiger partial charge < -0.3 is 9.72 Å². The molecule has 1 N–H and O–H groups in total. The summed E-state index contributed by atoms with van der Waals surface area (Å²) in [6.07, 6.45) is 3.35. The zero-order chi connectivity index (χ0) is 21.1. The number of amides is 1. The van der Waals surface area contributed by atoms with Gasteiger partial charge in [0.25, 0.3) is 0 Å². The zero-order valence-electron chi connectivity index (χ0n) is 15.9. The lowest BCUT2D eigenvalue weighted by Crippen LogP contribution is -2.25. The van der Waals surface area contributed by atoms with Crippen LogP contribution in [0, 0.1) is 11.6 Å². The molecular weight excluding hydrogens is 408 g/mol. The van der Waals surface area contributed by atoms with Crippen LogP contribution in [0.3, 0.4) is 0 Å². The van der Waals surface area contributed by atoms with E-state index in [4.69, 9.17) is 11.6 Å². The fourth-order valence-electron chi connectivity index (χ4n) is 3.42. The van der Waals surface area contributed by atoms with Crippen molar-refractivity contribution in [3.8, 4) is 0 Å². The number of imidazole rings is 1. The van der Waals surface area contributed by atoms with Crippen molar-refractivity contribution in [2.45, 2.75) is 18.9 Å². The molecule has 1 amide bonds. The Kier molecular flexibility index (Phi) is 5.77. The second-order valence-corrected chi connectivity index (χ2v) is 7.38. The van der Waals surface area contributed by atoms with Crippen LogP contribution in [0.2, 0.25) is 5.02 Å². The first kappa shape index (κ1) is 20.0. The number of benzene rings is 2. The van der Waals surface area contributed by atoms with Crippen LogP contribution >= 0.6 is 11.6 Å². The molecule has 0 saturated carbocycles. The molecule has 1 unspecified atom stereocenters. The standard InChI is InChI=1S/C23H18ClF2N3O/c24-16-7-10-22-27-13-21(29(22)14-16)19(18-3-1-2-4-20(18)26)11-23(30)28-12-15-5-8-17(25)9-6-15/h1-10,13-14,19H,11-12H2,(H,28,30). The third-order valence-corrected chi connectivity index (χ3v) is 5.15. The van der Waals surface area contributed by atoms with Gasteiger partial charge in [0.05, 0.1) is 10.7 Å². The number of rotatable bonds is 6. The molecule has 30 heavy (non-hydrogen) atoms. The molecule has 0 spiro atoms. The van der Waals surface area contributed by atoms with Gasteiger partial charge in [0.15, 0.2) is 0 Å². The zero-order valence-corrected chi connectivity index (χ0v) is 16.6. The lowest BCUT2D eigenvalue weighted by Gasteiger charge is -2.18. The monoisotopic (exact) mass is 425 g/mol. The lowest BCUT2D eigenvalue weighted by atomic mass is 9.92. The highest BCUT2D eigenvalue weighted by molar-refractivity contribution is 6.30. The molecule has 7 heteroatoms. The maximum atomic E-state index is 14.6. The Balaban J connectivity index is 1.62. The quantitative estimate of drug-likeness (QED) is 0.467. The number of nitrogens with one attached hydrogen (secondary N) is 1. The van der Waals surface area contributed by atoms with Crippen LogP contribution in [-0.2, 0) is 11.3 Å². The summed E-state index contributed by atoms with van der Waals surface area (Å²) in [5.41, 5.74) is 2.49. The highest BCUT2D eigenvalue weighted by atomic mass is 35.5. The molecule has 0 aliphatic heterocycles. The molecule has 0 aliphatic carbocycles. The molecule has 152 valence electrons. The van der Waals surface area contributed by atoms with E-state index in [2.05, 4.69) is 10.3 Å². The summed E-state index contributed by atoms with van der Waals surface area (Å²) < 4.78 is 29.5. The number of halogens is 3. The SMILES string of the molecule is O=C(CC(c1ccccc1F)c1cnc2ccc(Cl)cn12)NCc1ccc(F)cc1. The molecule has 0 fully saturated rings. The highest BCUT2D eigenvalue weighted by Gasteiger charge is 2.24. The van der Waals surface area contributed by atoms with Crippen molar-refractivity contribution in [3.05, 3.63) is 107 Å². The fourth-order valence-corrected chi connectivity index (χ4v) is 3.58. The second kappa shape index (κ2) is 8.63. The Morgan fingerprint density at radius 3 is 2.60 bits per heavy atom. The first-order valence-electron chi connectivity index (χ1n) is 9.39. The second-order valence-electron chi connectivity index (χ2n) is 6.94. The summed E-state index contributed by atoms with van der Waals surface area (Å²) in [6.45, 7) is 0.252. The number of hydrogen-bond donors (Lipinski definition) is 1. The van der Waals surface area contributed by atoms with Crippen LogP contribution in [0.15, 0.2) is 73.1 Å². The van der Waals surface area contributed by atoms with Crippen LogP contribution in [0.5, 0.6) is 0 Å². The molecule has 0 bridgehead atoms. The number of pyridine rings is 1. The Hall–Kier alpha value is -3.25. The summed E-state index contributed by atoms with van der Waals surface area (Å²) in [4.78, 5) is 17.1. The van der Waals surface area contributed by atoms with E-state index >= 15 is 0 Å². The van der Waals surface area contributed by atoms with E-state index in [0.29, 0.717) is 21.9 Å². The van der Waals surface area contributed by atoms with E-state index in [-0.39, 0.29) is 24.7 Å². The van der Waals surface area contributed by atoms with Crippen molar-refractivity contribution in [1.82, 2.24) is 14.7 Å². The molecule has 2 aromatic heterocycles. The highest BCUT2D eigenvalue weighted by Crippen LogP contribution is 2.31. The predicted molar refractivity (Wildman–Crippen MR) is 111 cm³/mol. The van der Waals surface area contributed by atoms with E-state index in [9.17, 15) is 13.6 Å². The third kappa shape index (κ3) is 4.33. The smallest absolute Gasteiger partial charge is 0.221 e. The molecule has 4 rings (SSSR count). The molecule has 4 nitrogen and oxygen atoms in total. The van der Waals surface area contributed by atoms with Crippen LogP contribution in [-0.4, -0.2) is 15.3 Å². The number of carbonyl (C=O) groups is 1. The van der Waals surface area contributed by atoms with E-state index in [1.54, 1.807) is 59.3 Å². The van der Waals surface area contributed by atoms with Crippen LogP contribution in [0.4, 0.5) is 8.78 Å². The summed E-state index contributed by atoms with van der Waals surface area (Å²) in [5.74, 6) is -1.56. The van der Waals surface area contributed by atoms with Gasteiger partial charge >= 0.3 is 0 Å². The molecular formula is C23H18ClF2N3O. The van der Waals surface area contributed by atoms with Crippen LogP contribution < -0.4 is 5.32 Å². The first-order valence-corrected chi connectivity index (χ1v) is 9.77.